The molecule has 2 aliphatic heterocycles. The van der Waals surface area contributed by atoms with Crippen molar-refractivity contribution in [1.29, 1.82) is 0 Å². The fourth-order valence-electron chi connectivity index (χ4n) is 4.47. The molecule has 3 rings (SSSR count). The van der Waals surface area contributed by atoms with Gasteiger partial charge in [-0.05, 0) is 43.3 Å². The Labute approximate surface area is 128 Å². The van der Waals surface area contributed by atoms with Crippen LogP contribution < -0.4 is 5.73 Å². The van der Waals surface area contributed by atoms with Crippen LogP contribution in [0.3, 0.4) is 0 Å². The fourth-order valence-corrected chi connectivity index (χ4v) is 5.85. The van der Waals surface area contributed by atoms with Crippen LogP contribution in [0.1, 0.15) is 64.2 Å². The number of rotatable bonds is 3. The zero-order valence-electron chi connectivity index (χ0n) is 12.8. The molecule has 3 atom stereocenters. The van der Waals surface area contributed by atoms with Crippen molar-refractivity contribution in [2.75, 3.05) is 18.1 Å². The van der Waals surface area contributed by atoms with E-state index in [0.717, 1.165) is 12.5 Å². The van der Waals surface area contributed by atoms with Gasteiger partial charge < -0.3 is 10.5 Å². The maximum atomic E-state index is 6.62. The van der Waals surface area contributed by atoms with Crippen LogP contribution in [0.4, 0.5) is 0 Å². The number of thioether (sulfide) groups is 1. The van der Waals surface area contributed by atoms with E-state index in [1.54, 1.807) is 0 Å². The topological polar surface area (TPSA) is 35.2 Å². The summed E-state index contributed by atoms with van der Waals surface area (Å²) in [5, 5.41) is 0. The molecule has 0 aromatic heterocycles. The first kappa shape index (κ1) is 15.2. The van der Waals surface area contributed by atoms with Gasteiger partial charge in [0.1, 0.15) is 0 Å². The second-order valence-electron chi connectivity index (χ2n) is 7.34. The zero-order valence-corrected chi connectivity index (χ0v) is 13.6. The third-order valence-electron chi connectivity index (χ3n) is 5.78. The molecule has 1 aliphatic carbocycles. The smallest absolute Gasteiger partial charge is 0.0783 e. The molecule has 116 valence electrons. The molecule has 1 saturated carbocycles. The van der Waals surface area contributed by atoms with Gasteiger partial charge >= 0.3 is 0 Å². The maximum Gasteiger partial charge on any atom is 0.0783 e. The number of ether oxygens (including phenoxy) is 1. The molecular formula is C17H31NOS. The Morgan fingerprint density at radius 2 is 1.95 bits per heavy atom. The molecule has 1 spiro atoms. The van der Waals surface area contributed by atoms with Gasteiger partial charge in [-0.2, -0.15) is 11.8 Å². The monoisotopic (exact) mass is 297 g/mol. The van der Waals surface area contributed by atoms with Crippen LogP contribution in [0.2, 0.25) is 0 Å². The van der Waals surface area contributed by atoms with Gasteiger partial charge in [-0.25, -0.2) is 0 Å². The summed E-state index contributed by atoms with van der Waals surface area (Å²) < 4.78 is 6.14. The Kier molecular flexibility index (Phi) is 5.33. The molecule has 3 aliphatic rings. The van der Waals surface area contributed by atoms with E-state index in [-0.39, 0.29) is 5.60 Å². The molecule has 2 heterocycles. The summed E-state index contributed by atoms with van der Waals surface area (Å²) in [4.78, 5) is 0. The molecule has 0 aromatic rings. The summed E-state index contributed by atoms with van der Waals surface area (Å²) >= 11 is 2.07. The molecule has 3 fully saturated rings. The van der Waals surface area contributed by atoms with Gasteiger partial charge in [0.25, 0.3) is 0 Å². The molecule has 0 radical (unpaired) electrons. The Bertz CT molecular complexity index is 295. The molecular weight excluding hydrogens is 266 g/mol. The van der Waals surface area contributed by atoms with Gasteiger partial charge in [0.05, 0.1) is 5.60 Å². The average molecular weight is 298 g/mol. The van der Waals surface area contributed by atoms with Crippen LogP contribution in [0, 0.1) is 11.8 Å². The predicted molar refractivity (Wildman–Crippen MR) is 87.1 cm³/mol. The first-order chi connectivity index (χ1) is 9.77. The van der Waals surface area contributed by atoms with Gasteiger partial charge in [-0.1, -0.05) is 38.5 Å². The van der Waals surface area contributed by atoms with E-state index in [4.69, 9.17) is 10.5 Å². The van der Waals surface area contributed by atoms with Crippen molar-refractivity contribution in [3.63, 3.8) is 0 Å². The van der Waals surface area contributed by atoms with Gasteiger partial charge in [-0.15, -0.1) is 0 Å². The summed E-state index contributed by atoms with van der Waals surface area (Å²) in [5.74, 6) is 4.11. The van der Waals surface area contributed by atoms with Gasteiger partial charge in [0.15, 0.2) is 0 Å². The van der Waals surface area contributed by atoms with Crippen LogP contribution >= 0.6 is 11.8 Å². The lowest BCUT2D eigenvalue weighted by molar-refractivity contribution is -0.0842. The first-order valence-corrected chi connectivity index (χ1v) is 9.90. The second kappa shape index (κ2) is 7.02. The van der Waals surface area contributed by atoms with E-state index < -0.39 is 0 Å². The zero-order chi connectivity index (χ0) is 13.8. The molecule has 0 bridgehead atoms. The largest absolute Gasteiger partial charge is 0.374 e. The molecule has 2 nitrogen and oxygen atoms in total. The lowest BCUT2D eigenvalue weighted by Gasteiger charge is -2.40. The number of hydrogen-bond donors (Lipinski definition) is 1. The lowest BCUT2D eigenvalue weighted by atomic mass is 9.78. The van der Waals surface area contributed by atoms with Crippen LogP contribution in [0.5, 0.6) is 0 Å². The Hall–Kier alpha value is 0.270. The minimum Gasteiger partial charge on any atom is -0.374 e. The summed E-state index contributed by atoms with van der Waals surface area (Å²) in [6.07, 6.45) is 13.6. The fraction of sp³-hybridized carbons (Fsp3) is 1.00. The summed E-state index contributed by atoms with van der Waals surface area (Å²) in [7, 11) is 0. The van der Waals surface area contributed by atoms with Crippen molar-refractivity contribution in [3.05, 3.63) is 0 Å². The molecule has 20 heavy (non-hydrogen) atoms. The molecule has 3 heteroatoms. The Morgan fingerprint density at radius 3 is 2.65 bits per heavy atom. The minimum absolute atomic E-state index is 0.203. The van der Waals surface area contributed by atoms with E-state index in [1.807, 2.05) is 0 Å². The molecule has 0 aromatic carbocycles. The number of nitrogens with two attached hydrogens (primary N) is 1. The minimum atomic E-state index is 0.203. The second-order valence-corrected chi connectivity index (χ2v) is 8.45. The standard InChI is InChI=1S/C17H31NOS/c18-16(11-14-5-3-1-2-4-6-14)15-7-9-19-17(12-15)8-10-20-13-17/h14-16H,1-13,18H2. The quantitative estimate of drug-likeness (QED) is 0.800. The van der Waals surface area contributed by atoms with E-state index in [2.05, 4.69) is 11.8 Å². The Balaban J connectivity index is 1.52. The highest BCUT2D eigenvalue weighted by Gasteiger charge is 2.42. The highest BCUT2D eigenvalue weighted by Crippen LogP contribution is 2.42. The molecule has 0 amide bonds. The van der Waals surface area contributed by atoms with Gasteiger partial charge in [-0.3, -0.25) is 0 Å². The van der Waals surface area contributed by atoms with Crippen molar-refractivity contribution in [1.82, 2.24) is 0 Å². The normalized spacial score (nSPS) is 38.0. The van der Waals surface area contributed by atoms with Crippen LogP contribution in [0.25, 0.3) is 0 Å². The molecule has 2 saturated heterocycles. The highest BCUT2D eigenvalue weighted by molar-refractivity contribution is 7.99. The number of hydrogen-bond acceptors (Lipinski definition) is 3. The predicted octanol–water partition coefficient (Wildman–Crippen LogP) is 3.98. The Morgan fingerprint density at radius 1 is 1.15 bits per heavy atom. The van der Waals surface area contributed by atoms with E-state index in [9.17, 15) is 0 Å². The van der Waals surface area contributed by atoms with Crippen molar-refractivity contribution in [3.8, 4) is 0 Å². The van der Waals surface area contributed by atoms with E-state index in [0.29, 0.717) is 12.0 Å². The van der Waals surface area contributed by atoms with Crippen molar-refractivity contribution >= 4 is 11.8 Å². The third kappa shape index (κ3) is 3.72. The van der Waals surface area contributed by atoms with Crippen LogP contribution in [-0.2, 0) is 4.74 Å². The summed E-state index contributed by atoms with van der Waals surface area (Å²) in [5.41, 5.74) is 6.82. The summed E-state index contributed by atoms with van der Waals surface area (Å²) in [6, 6.07) is 0.421. The van der Waals surface area contributed by atoms with Crippen LogP contribution in [0.15, 0.2) is 0 Å². The first-order valence-electron chi connectivity index (χ1n) is 8.75. The lowest BCUT2D eigenvalue weighted by Crippen LogP contribution is -2.45. The van der Waals surface area contributed by atoms with E-state index >= 15 is 0 Å². The average Bonchev–Trinajstić information content (AvgIpc) is 2.74. The van der Waals surface area contributed by atoms with Gasteiger partial charge in [0.2, 0.25) is 0 Å². The summed E-state index contributed by atoms with van der Waals surface area (Å²) in [6.45, 7) is 0.948. The molecule has 2 N–H and O–H groups in total. The van der Waals surface area contributed by atoms with Crippen molar-refractivity contribution in [2.45, 2.75) is 75.9 Å². The van der Waals surface area contributed by atoms with E-state index in [1.165, 1.54) is 75.7 Å². The highest BCUT2D eigenvalue weighted by atomic mass is 32.2. The molecule has 3 unspecified atom stereocenters. The SMILES string of the molecule is NC(CC1CCCCCC1)C1CCOC2(CCSC2)C1. The van der Waals surface area contributed by atoms with Crippen molar-refractivity contribution < 1.29 is 4.74 Å². The van der Waals surface area contributed by atoms with Crippen LogP contribution in [-0.4, -0.2) is 29.8 Å². The maximum absolute atomic E-state index is 6.62. The van der Waals surface area contributed by atoms with Gasteiger partial charge in [0, 0.05) is 18.4 Å². The third-order valence-corrected chi connectivity index (χ3v) is 7.01. The van der Waals surface area contributed by atoms with Crippen molar-refractivity contribution in [2.24, 2.45) is 17.6 Å².